The number of hydrogen-bond donors (Lipinski definition) is 2. The Kier molecular flexibility index (Phi) is 9.07. The van der Waals surface area contributed by atoms with Gasteiger partial charge in [-0.25, -0.2) is 0 Å². The number of rotatable bonds is 12. The van der Waals surface area contributed by atoms with Crippen LogP contribution < -0.4 is 5.32 Å². The van der Waals surface area contributed by atoms with Gasteiger partial charge in [0.05, 0.1) is 44.5 Å². The minimum atomic E-state index is -3.92. The van der Waals surface area contributed by atoms with Crippen molar-refractivity contribution < 1.29 is 32.3 Å². The maximum absolute atomic E-state index is 13.3. The largest absolute Gasteiger partial charge is 0.506 e. The molecule has 0 spiro atoms. The molecule has 0 aliphatic carbocycles. The van der Waals surface area contributed by atoms with E-state index >= 15 is 0 Å². The monoisotopic (exact) mass is 396 g/mol. The number of anilines is 1. The Morgan fingerprint density at radius 2 is 1.40 bits per heavy atom. The summed E-state index contributed by atoms with van der Waals surface area (Å²) in [5.41, 5.74) is -1.15. The van der Waals surface area contributed by atoms with E-state index in [1.807, 2.05) is 0 Å². The van der Waals surface area contributed by atoms with Gasteiger partial charge in [0.2, 0.25) is 5.52 Å². The first-order chi connectivity index (χ1) is 11.8. The van der Waals surface area contributed by atoms with Crippen LogP contribution in [0, 0.1) is 0 Å². The lowest BCUT2D eigenvalue weighted by Gasteiger charge is -2.32. The lowest BCUT2D eigenvalue weighted by atomic mass is 10.4. The van der Waals surface area contributed by atoms with Crippen molar-refractivity contribution in [2.24, 2.45) is 0 Å². The van der Waals surface area contributed by atoms with Crippen LogP contribution in [0.5, 0.6) is 5.75 Å². The van der Waals surface area contributed by atoms with Gasteiger partial charge in [-0.2, -0.15) is 0 Å². The number of nitrogens with one attached hydrogen (secondary N) is 1. The molecule has 1 aromatic heterocycles. The molecule has 144 valence electrons. The zero-order chi connectivity index (χ0) is 18.9. The van der Waals surface area contributed by atoms with Gasteiger partial charge < -0.3 is 28.5 Å². The standard InChI is InChI=1S/C14H26N2O7P2/c1-5-20-24(18,21-6-2)14(25(19,22-7-3)23-8-4)16-12-9-13(17)11-15-10-12/h9-11,14,16-17H,5-8H2,1-4H3. The molecule has 0 amide bonds. The Hall–Kier alpha value is -0.950. The molecule has 0 fully saturated rings. The van der Waals surface area contributed by atoms with E-state index in [1.54, 1.807) is 27.7 Å². The molecule has 1 aromatic rings. The van der Waals surface area contributed by atoms with Gasteiger partial charge in [-0.15, -0.1) is 0 Å². The molecule has 0 unspecified atom stereocenters. The Morgan fingerprint density at radius 3 is 1.76 bits per heavy atom. The van der Waals surface area contributed by atoms with E-state index in [4.69, 9.17) is 18.1 Å². The molecule has 0 aliphatic rings. The summed E-state index contributed by atoms with van der Waals surface area (Å²) in [7, 11) is -7.85. The van der Waals surface area contributed by atoms with E-state index in [1.165, 1.54) is 18.5 Å². The lowest BCUT2D eigenvalue weighted by molar-refractivity contribution is 0.198. The van der Waals surface area contributed by atoms with Crippen LogP contribution in [0.2, 0.25) is 0 Å². The van der Waals surface area contributed by atoms with Crippen LogP contribution in [0.4, 0.5) is 5.69 Å². The smallest absolute Gasteiger partial charge is 0.365 e. The maximum atomic E-state index is 13.3. The number of aromatic nitrogens is 1. The number of aromatic hydroxyl groups is 1. The van der Waals surface area contributed by atoms with Crippen molar-refractivity contribution in [1.82, 2.24) is 4.98 Å². The molecule has 0 aromatic carbocycles. The van der Waals surface area contributed by atoms with Crippen LogP contribution in [-0.2, 0) is 27.2 Å². The minimum absolute atomic E-state index is 0.0754. The summed E-state index contributed by atoms with van der Waals surface area (Å²) in [5.74, 6) is -0.117. The van der Waals surface area contributed by atoms with Crippen molar-refractivity contribution in [3.63, 3.8) is 0 Å². The zero-order valence-electron chi connectivity index (χ0n) is 14.9. The van der Waals surface area contributed by atoms with Crippen molar-refractivity contribution in [2.45, 2.75) is 33.2 Å². The highest BCUT2D eigenvalue weighted by Gasteiger charge is 2.51. The molecular weight excluding hydrogens is 370 g/mol. The molecule has 11 heteroatoms. The van der Waals surface area contributed by atoms with Gasteiger partial charge in [-0.1, -0.05) is 0 Å². The summed E-state index contributed by atoms with van der Waals surface area (Å²) in [6.07, 6.45) is 2.60. The second kappa shape index (κ2) is 10.3. The number of pyridine rings is 1. The second-order valence-electron chi connectivity index (χ2n) is 4.70. The van der Waals surface area contributed by atoms with Crippen LogP contribution in [0.1, 0.15) is 27.7 Å². The summed E-state index contributed by atoms with van der Waals surface area (Å²) in [4.78, 5) is 3.83. The minimum Gasteiger partial charge on any atom is -0.506 e. The molecular formula is C14H26N2O7P2. The van der Waals surface area contributed by atoms with Crippen LogP contribution >= 0.6 is 15.2 Å². The van der Waals surface area contributed by atoms with E-state index in [0.29, 0.717) is 0 Å². The molecule has 0 atom stereocenters. The van der Waals surface area contributed by atoms with Gasteiger partial charge in [-0.05, 0) is 27.7 Å². The topological polar surface area (TPSA) is 116 Å². The van der Waals surface area contributed by atoms with Gasteiger partial charge in [-0.3, -0.25) is 14.1 Å². The first kappa shape index (κ1) is 22.1. The molecule has 0 bridgehead atoms. The highest BCUT2D eigenvalue weighted by Crippen LogP contribution is 2.70. The van der Waals surface area contributed by atoms with Gasteiger partial charge >= 0.3 is 15.2 Å². The van der Waals surface area contributed by atoms with Gasteiger partial charge in [0.1, 0.15) is 5.75 Å². The molecule has 0 radical (unpaired) electrons. The molecule has 1 rings (SSSR count). The van der Waals surface area contributed by atoms with E-state index in [0.717, 1.165) is 0 Å². The zero-order valence-corrected chi connectivity index (χ0v) is 16.7. The Bertz CT molecular complexity index is 579. The lowest BCUT2D eigenvalue weighted by Crippen LogP contribution is -2.25. The molecule has 25 heavy (non-hydrogen) atoms. The van der Waals surface area contributed by atoms with Crippen LogP contribution in [0.15, 0.2) is 18.5 Å². The van der Waals surface area contributed by atoms with E-state index in [-0.39, 0.29) is 37.9 Å². The summed E-state index contributed by atoms with van der Waals surface area (Å²) >= 11 is 0. The predicted molar refractivity (Wildman–Crippen MR) is 95.0 cm³/mol. The van der Waals surface area contributed by atoms with Crippen LogP contribution in [-0.4, -0.2) is 42.0 Å². The SMILES string of the molecule is CCOP(=O)(OCC)C(Nc1cncc(O)c1)P(=O)(OCC)OCC. The molecule has 1 heterocycles. The average molecular weight is 396 g/mol. The van der Waals surface area contributed by atoms with Gasteiger partial charge in [0, 0.05) is 6.07 Å². The highest BCUT2D eigenvalue weighted by molar-refractivity contribution is 7.72. The third-order valence-corrected chi connectivity index (χ3v) is 8.48. The summed E-state index contributed by atoms with van der Waals surface area (Å²) < 4.78 is 47.9. The summed E-state index contributed by atoms with van der Waals surface area (Å²) in [6.45, 7) is 6.88. The fourth-order valence-electron chi connectivity index (χ4n) is 2.06. The van der Waals surface area contributed by atoms with Gasteiger partial charge in [0.25, 0.3) is 0 Å². The molecule has 0 saturated carbocycles. The maximum Gasteiger partial charge on any atom is 0.365 e. The Morgan fingerprint density at radius 1 is 0.960 bits per heavy atom. The van der Waals surface area contributed by atoms with Crippen LogP contribution in [0.25, 0.3) is 0 Å². The second-order valence-corrected chi connectivity index (χ2v) is 9.33. The van der Waals surface area contributed by atoms with E-state index < -0.39 is 20.7 Å². The van der Waals surface area contributed by atoms with Crippen LogP contribution in [0.3, 0.4) is 0 Å². The first-order valence-corrected chi connectivity index (χ1v) is 11.3. The third kappa shape index (κ3) is 6.06. The van der Waals surface area contributed by atoms with Crippen molar-refractivity contribution in [1.29, 1.82) is 0 Å². The third-order valence-electron chi connectivity index (χ3n) is 2.85. The number of nitrogens with zero attached hydrogens (tertiary/aromatic N) is 1. The van der Waals surface area contributed by atoms with Crippen molar-refractivity contribution in [3.05, 3.63) is 18.5 Å². The molecule has 9 nitrogen and oxygen atoms in total. The normalized spacial score (nSPS) is 12.5. The average Bonchev–Trinajstić information content (AvgIpc) is 2.53. The highest BCUT2D eigenvalue weighted by atomic mass is 31.2. The van der Waals surface area contributed by atoms with Crippen molar-refractivity contribution >= 4 is 20.9 Å². The fourth-order valence-corrected chi connectivity index (χ4v) is 7.02. The predicted octanol–water partition coefficient (Wildman–Crippen LogP) is 4.01. The Labute approximate surface area is 148 Å². The van der Waals surface area contributed by atoms with E-state index in [9.17, 15) is 14.2 Å². The van der Waals surface area contributed by atoms with Crippen molar-refractivity contribution in [3.8, 4) is 5.75 Å². The quantitative estimate of drug-likeness (QED) is 0.505. The molecule has 0 saturated heterocycles. The Balaban J connectivity index is 3.37. The first-order valence-electron chi connectivity index (χ1n) is 8.03. The fraction of sp³-hybridized carbons (Fsp3) is 0.643. The molecule has 0 aliphatic heterocycles. The summed E-state index contributed by atoms with van der Waals surface area (Å²) in [5, 5.41) is 12.4. The van der Waals surface area contributed by atoms with Gasteiger partial charge in [0.15, 0.2) is 0 Å². The van der Waals surface area contributed by atoms with E-state index in [2.05, 4.69) is 10.3 Å². The summed E-state index contributed by atoms with van der Waals surface area (Å²) in [6, 6.07) is 1.34. The van der Waals surface area contributed by atoms with Crippen molar-refractivity contribution in [2.75, 3.05) is 31.7 Å². The molecule has 2 N–H and O–H groups in total. The number of hydrogen-bond acceptors (Lipinski definition) is 9.